The molecule has 1 saturated carbocycles. The monoisotopic (exact) mass is 263 g/mol. The number of anilines is 2. The summed E-state index contributed by atoms with van der Waals surface area (Å²) < 4.78 is 0. The molecule has 0 radical (unpaired) electrons. The van der Waals surface area contributed by atoms with Crippen LogP contribution < -0.4 is 10.6 Å². The number of nitriles is 1. The molecule has 1 aliphatic rings. The van der Waals surface area contributed by atoms with Gasteiger partial charge in [0.05, 0.1) is 11.6 Å². The smallest absolute Gasteiger partial charge is 0.0991 e. The first-order valence-electron chi connectivity index (χ1n) is 6.87. The van der Waals surface area contributed by atoms with E-state index in [0.29, 0.717) is 11.6 Å². The fourth-order valence-electron chi connectivity index (χ4n) is 2.36. The molecule has 0 heterocycles. The second-order valence-corrected chi connectivity index (χ2v) is 5.26. The van der Waals surface area contributed by atoms with Crippen LogP contribution in [-0.4, -0.2) is 6.04 Å². The zero-order valence-electron chi connectivity index (χ0n) is 11.3. The zero-order chi connectivity index (χ0) is 13.9. The van der Waals surface area contributed by atoms with Crippen LogP contribution >= 0.6 is 0 Å². The fourth-order valence-corrected chi connectivity index (χ4v) is 2.36. The third-order valence-corrected chi connectivity index (χ3v) is 3.65. The van der Waals surface area contributed by atoms with Gasteiger partial charge in [0.2, 0.25) is 0 Å². The lowest BCUT2D eigenvalue weighted by Gasteiger charge is -2.25. The summed E-state index contributed by atoms with van der Waals surface area (Å²) in [6.45, 7) is 0.886. The molecule has 0 aromatic heterocycles. The Kier molecular flexibility index (Phi) is 3.30. The van der Waals surface area contributed by atoms with Crippen molar-refractivity contribution in [3.8, 4) is 6.07 Å². The molecule has 0 unspecified atom stereocenters. The highest BCUT2D eigenvalue weighted by Gasteiger charge is 2.29. The summed E-state index contributed by atoms with van der Waals surface area (Å²) in [6, 6.07) is 18.7. The molecular weight excluding hydrogens is 246 g/mol. The van der Waals surface area contributed by atoms with E-state index in [2.05, 4.69) is 23.1 Å². The molecule has 100 valence electrons. The van der Waals surface area contributed by atoms with E-state index in [-0.39, 0.29) is 0 Å². The van der Waals surface area contributed by atoms with E-state index in [1.54, 1.807) is 0 Å². The zero-order valence-corrected chi connectivity index (χ0v) is 11.3. The third-order valence-electron chi connectivity index (χ3n) is 3.65. The van der Waals surface area contributed by atoms with Crippen molar-refractivity contribution in [2.24, 2.45) is 0 Å². The summed E-state index contributed by atoms with van der Waals surface area (Å²) in [5, 5.41) is 8.87. The fraction of sp³-hybridized carbons (Fsp3) is 0.235. The SMILES string of the molecule is N#Cc1ccc(N(Cc2ccc(N)cc2)C2CC2)cc1. The van der Waals surface area contributed by atoms with Crippen LogP contribution in [0.1, 0.15) is 24.0 Å². The van der Waals surface area contributed by atoms with E-state index in [0.717, 1.165) is 12.2 Å². The number of rotatable bonds is 4. The van der Waals surface area contributed by atoms with Crippen molar-refractivity contribution in [2.75, 3.05) is 10.6 Å². The van der Waals surface area contributed by atoms with Gasteiger partial charge in [0.25, 0.3) is 0 Å². The van der Waals surface area contributed by atoms with Gasteiger partial charge in [-0.15, -0.1) is 0 Å². The van der Waals surface area contributed by atoms with Gasteiger partial charge in [0.15, 0.2) is 0 Å². The van der Waals surface area contributed by atoms with Crippen LogP contribution in [0.4, 0.5) is 11.4 Å². The summed E-state index contributed by atoms with van der Waals surface area (Å²) in [5.74, 6) is 0. The van der Waals surface area contributed by atoms with Crippen molar-refractivity contribution in [3.05, 3.63) is 59.7 Å². The summed E-state index contributed by atoms with van der Waals surface area (Å²) in [7, 11) is 0. The molecule has 2 N–H and O–H groups in total. The Balaban J connectivity index is 1.81. The molecular formula is C17H17N3. The minimum Gasteiger partial charge on any atom is -0.399 e. The van der Waals surface area contributed by atoms with E-state index >= 15 is 0 Å². The van der Waals surface area contributed by atoms with Crippen molar-refractivity contribution >= 4 is 11.4 Å². The lowest BCUT2D eigenvalue weighted by atomic mass is 10.1. The van der Waals surface area contributed by atoms with Crippen LogP contribution in [-0.2, 0) is 6.54 Å². The average Bonchev–Trinajstić information content (AvgIpc) is 3.31. The van der Waals surface area contributed by atoms with Crippen LogP contribution in [0.15, 0.2) is 48.5 Å². The van der Waals surface area contributed by atoms with E-state index in [9.17, 15) is 0 Å². The number of benzene rings is 2. The second kappa shape index (κ2) is 5.26. The van der Waals surface area contributed by atoms with Gasteiger partial charge in [-0.3, -0.25) is 0 Å². The van der Waals surface area contributed by atoms with Gasteiger partial charge >= 0.3 is 0 Å². The van der Waals surface area contributed by atoms with Crippen LogP contribution in [0.5, 0.6) is 0 Å². The van der Waals surface area contributed by atoms with Gasteiger partial charge in [-0.1, -0.05) is 12.1 Å². The molecule has 2 aromatic carbocycles. The van der Waals surface area contributed by atoms with Gasteiger partial charge in [-0.2, -0.15) is 5.26 Å². The van der Waals surface area contributed by atoms with E-state index in [1.807, 2.05) is 36.4 Å². The number of hydrogen-bond donors (Lipinski definition) is 1. The van der Waals surface area contributed by atoms with E-state index < -0.39 is 0 Å². The lowest BCUT2D eigenvalue weighted by Crippen LogP contribution is -2.24. The maximum atomic E-state index is 8.87. The first-order chi connectivity index (χ1) is 9.76. The largest absolute Gasteiger partial charge is 0.399 e. The molecule has 3 nitrogen and oxygen atoms in total. The van der Waals surface area contributed by atoms with Gasteiger partial charge in [-0.25, -0.2) is 0 Å². The summed E-state index contributed by atoms with van der Waals surface area (Å²) >= 11 is 0. The summed E-state index contributed by atoms with van der Waals surface area (Å²) in [4.78, 5) is 2.41. The number of nitrogen functional groups attached to an aromatic ring is 1. The maximum Gasteiger partial charge on any atom is 0.0991 e. The number of nitrogens with zero attached hydrogens (tertiary/aromatic N) is 2. The van der Waals surface area contributed by atoms with E-state index in [4.69, 9.17) is 11.0 Å². The standard InChI is InChI=1S/C17H17N3/c18-11-13-3-7-16(8-4-13)20(17-9-10-17)12-14-1-5-15(19)6-2-14/h1-8,17H,9-10,12,19H2. The van der Waals surface area contributed by atoms with Gasteiger partial charge < -0.3 is 10.6 Å². The average molecular weight is 263 g/mol. The minimum atomic E-state index is 0.625. The van der Waals surface area contributed by atoms with Gasteiger partial charge in [0.1, 0.15) is 0 Å². The molecule has 20 heavy (non-hydrogen) atoms. The molecule has 0 spiro atoms. The van der Waals surface area contributed by atoms with Crippen molar-refractivity contribution in [3.63, 3.8) is 0 Å². The molecule has 0 aliphatic heterocycles. The van der Waals surface area contributed by atoms with Crippen LogP contribution in [0.2, 0.25) is 0 Å². The normalized spacial score (nSPS) is 13.8. The van der Waals surface area contributed by atoms with Crippen molar-refractivity contribution in [1.82, 2.24) is 0 Å². The Morgan fingerprint density at radius 3 is 2.25 bits per heavy atom. The maximum absolute atomic E-state index is 8.87. The third kappa shape index (κ3) is 2.75. The topological polar surface area (TPSA) is 53.0 Å². The Morgan fingerprint density at radius 1 is 1.05 bits per heavy atom. The molecule has 3 heteroatoms. The Hall–Kier alpha value is -2.47. The van der Waals surface area contributed by atoms with Crippen molar-refractivity contribution < 1.29 is 0 Å². The van der Waals surface area contributed by atoms with E-state index in [1.165, 1.54) is 24.1 Å². The highest BCUT2D eigenvalue weighted by atomic mass is 15.2. The molecule has 2 aromatic rings. The predicted molar refractivity (Wildman–Crippen MR) is 81.2 cm³/mol. The quantitative estimate of drug-likeness (QED) is 0.861. The van der Waals surface area contributed by atoms with Gasteiger partial charge in [0, 0.05) is 24.0 Å². The number of nitrogens with two attached hydrogens (primary N) is 1. The highest BCUT2D eigenvalue weighted by molar-refractivity contribution is 5.52. The molecule has 0 bridgehead atoms. The molecule has 3 rings (SSSR count). The van der Waals surface area contributed by atoms with Gasteiger partial charge in [-0.05, 0) is 54.8 Å². The first kappa shape index (κ1) is 12.6. The minimum absolute atomic E-state index is 0.625. The Labute approximate surface area is 119 Å². The predicted octanol–water partition coefficient (Wildman–Crippen LogP) is 3.31. The van der Waals surface area contributed by atoms with Crippen molar-refractivity contribution in [2.45, 2.75) is 25.4 Å². The van der Waals surface area contributed by atoms with Crippen LogP contribution in [0.3, 0.4) is 0 Å². The molecule has 0 amide bonds. The van der Waals surface area contributed by atoms with Crippen LogP contribution in [0.25, 0.3) is 0 Å². The summed E-state index contributed by atoms with van der Waals surface area (Å²) in [6.07, 6.45) is 2.49. The van der Waals surface area contributed by atoms with Crippen LogP contribution in [0, 0.1) is 11.3 Å². The molecule has 1 aliphatic carbocycles. The molecule has 0 atom stereocenters. The highest BCUT2D eigenvalue weighted by Crippen LogP contribution is 2.33. The number of hydrogen-bond acceptors (Lipinski definition) is 3. The first-order valence-corrected chi connectivity index (χ1v) is 6.87. The molecule has 0 saturated heterocycles. The Bertz CT molecular complexity index is 619. The lowest BCUT2D eigenvalue weighted by molar-refractivity contribution is 0.794. The summed E-state index contributed by atoms with van der Waals surface area (Å²) in [5.41, 5.74) is 9.67. The second-order valence-electron chi connectivity index (χ2n) is 5.26. The van der Waals surface area contributed by atoms with Crippen molar-refractivity contribution in [1.29, 1.82) is 5.26 Å². The molecule has 1 fully saturated rings. The Morgan fingerprint density at radius 2 is 1.70 bits per heavy atom.